The third-order valence-corrected chi connectivity index (χ3v) is 3.04. The van der Waals surface area contributed by atoms with E-state index in [2.05, 4.69) is 27.0 Å². The molecule has 1 aromatic heterocycles. The van der Waals surface area contributed by atoms with Crippen LogP contribution in [0.3, 0.4) is 0 Å². The van der Waals surface area contributed by atoms with Crippen LogP contribution in [0.2, 0.25) is 0 Å². The van der Waals surface area contributed by atoms with Crippen molar-refractivity contribution in [1.82, 2.24) is 0 Å². The van der Waals surface area contributed by atoms with Gasteiger partial charge in [-0.3, -0.25) is 4.99 Å². The van der Waals surface area contributed by atoms with Gasteiger partial charge < -0.3 is 5.73 Å². The molecule has 4 heteroatoms. The van der Waals surface area contributed by atoms with Gasteiger partial charge in [-0.2, -0.15) is 0 Å². The van der Waals surface area contributed by atoms with Crippen LogP contribution in [0.5, 0.6) is 0 Å². The summed E-state index contributed by atoms with van der Waals surface area (Å²) in [6.45, 7) is 2.71. The van der Waals surface area contributed by atoms with Crippen LogP contribution >= 0.6 is 27.3 Å². The molecule has 0 aromatic carbocycles. The fraction of sp³-hybridized carbons (Fsp3) is 0.375. The molecule has 0 aliphatic carbocycles. The molecule has 0 unspecified atom stereocenters. The molecule has 2 N–H and O–H groups in total. The average Bonchev–Trinajstić information content (AvgIpc) is 2.47. The number of nitrogens with two attached hydrogens (primary N) is 1. The Kier molecular flexibility index (Phi) is 3.75. The zero-order chi connectivity index (χ0) is 8.97. The Morgan fingerprint density at radius 2 is 2.42 bits per heavy atom. The maximum Gasteiger partial charge on any atom is 0.0938 e. The highest BCUT2D eigenvalue weighted by Gasteiger charge is 1.95. The van der Waals surface area contributed by atoms with Crippen LogP contribution in [-0.2, 0) is 6.54 Å². The molecule has 2 nitrogen and oxygen atoms in total. The molecule has 12 heavy (non-hydrogen) atoms. The lowest BCUT2D eigenvalue weighted by molar-refractivity contribution is 1.06. The molecule has 1 rings (SSSR count). The fourth-order valence-electron chi connectivity index (χ4n) is 0.728. The van der Waals surface area contributed by atoms with Gasteiger partial charge in [0.05, 0.1) is 16.2 Å². The lowest BCUT2D eigenvalue weighted by atomic mass is 10.4. The van der Waals surface area contributed by atoms with Crippen molar-refractivity contribution in [3.63, 3.8) is 0 Å². The van der Waals surface area contributed by atoms with E-state index < -0.39 is 0 Å². The lowest BCUT2D eigenvalue weighted by Gasteiger charge is -1.93. The van der Waals surface area contributed by atoms with E-state index >= 15 is 0 Å². The maximum absolute atomic E-state index is 5.57. The number of thiophene rings is 1. The first-order chi connectivity index (χ1) is 5.72. The average molecular weight is 247 g/mol. The summed E-state index contributed by atoms with van der Waals surface area (Å²) in [5.74, 6) is 0.722. The van der Waals surface area contributed by atoms with Crippen molar-refractivity contribution in [2.75, 3.05) is 0 Å². The standard InChI is InChI=1S/C8H11BrN2S/c1-2-8(10)11-5-6-3-4-7(9)12-6/h3-4H,2,5H2,1H3,(H2,10,11). The quantitative estimate of drug-likeness (QED) is 0.647. The maximum atomic E-state index is 5.57. The Morgan fingerprint density at radius 3 is 2.92 bits per heavy atom. The predicted octanol–water partition coefficient (Wildman–Crippen LogP) is 2.78. The summed E-state index contributed by atoms with van der Waals surface area (Å²) in [5, 5.41) is 0. The van der Waals surface area contributed by atoms with E-state index in [9.17, 15) is 0 Å². The Morgan fingerprint density at radius 1 is 1.67 bits per heavy atom. The summed E-state index contributed by atoms with van der Waals surface area (Å²) in [4.78, 5) is 5.44. The van der Waals surface area contributed by atoms with Crippen molar-refractivity contribution in [3.05, 3.63) is 20.8 Å². The smallest absolute Gasteiger partial charge is 0.0938 e. The van der Waals surface area contributed by atoms with Gasteiger partial charge in [-0.25, -0.2) is 0 Å². The SMILES string of the molecule is CCC(N)=NCc1ccc(Br)s1. The molecule has 0 radical (unpaired) electrons. The van der Waals surface area contributed by atoms with Gasteiger partial charge in [0.1, 0.15) is 0 Å². The first-order valence-electron chi connectivity index (χ1n) is 3.75. The second kappa shape index (κ2) is 4.62. The highest BCUT2D eigenvalue weighted by molar-refractivity contribution is 9.11. The fourth-order valence-corrected chi connectivity index (χ4v) is 2.14. The van der Waals surface area contributed by atoms with Crippen molar-refractivity contribution >= 4 is 33.1 Å². The lowest BCUT2D eigenvalue weighted by Crippen LogP contribution is -2.09. The normalized spacial score (nSPS) is 12.0. The molecule has 0 amide bonds. The highest BCUT2D eigenvalue weighted by Crippen LogP contribution is 2.22. The van der Waals surface area contributed by atoms with Crippen LogP contribution in [0.4, 0.5) is 0 Å². The number of nitrogens with zero attached hydrogens (tertiary/aromatic N) is 1. The van der Waals surface area contributed by atoms with Gasteiger partial charge in [-0.1, -0.05) is 6.92 Å². The van der Waals surface area contributed by atoms with Crippen molar-refractivity contribution in [2.45, 2.75) is 19.9 Å². The summed E-state index contributed by atoms with van der Waals surface area (Å²) in [6, 6.07) is 4.08. The van der Waals surface area contributed by atoms with Crippen molar-refractivity contribution in [2.24, 2.45) is 10.7 Å². The second-order valence-corrected chi connectivity index (χ2v) is 4.91. The van der Waals surface area contributed by atoms with E-state index in [0.717, 1.165) is 16.0 Å². The van der Waals surface area contributed by atoms with Gasteiger partial charge in [-0.15, -0.1) is 11.3 Å². The molecule has 1 heterocycles. The van der Waals surface area contributed by atoms with Gasteiger partial charge in [0.15, 0.2) is 0 Å². The van der Waals surface area contributed by atoms with Crippen molar-refractivity contribution in [1.29, 1.82) is 0 Å². The van der Waals surface area contributed by atoms with Crippen molar-refractivity contribution < 1.29 is 0 Å². The van der Waals surface area contributed by atoms with E-state index in [4.69, 9.17) is 5.73 Å². The number of aliphatic imine (C=N–C) groups is 1. The van der Waals surface area contributed by atoms with Crippen LogP contribution < -0.4 is 5.73 Å². The number of amidine groups is 1. The third-order valence-electron chi connectivity index (χ3n) is 1.43. The van der Waals surface area contributed by atoms with Gasteiger partial charge >= 0.3 is 0 Å². The number of hydrogen-bond donors (Lipinski definition) is 1. The molecule has 0 saturated heterocycles. The summed E-state index contributed by atoms with van der Waals surface area (Å²) in [6.07, 6.45) is 0.826. The van der Waals surface area contributed by atoms with E-state index in [-0.39, 0.29) is 0 Å². The van der Waals surface area contributed by atoms with Gasteiger partial charge in [0.2, 0.25) is 0 Å². The summed E-state index contributed by atoms with van der Waals surface area (Å²) < 4.78 is 1.14. The number of hydrogen-bond acceptors (Lipinski definition) is 2. The van der Waals surface area contributed by atoms with Crippen LogP contribution in [0, 0.1) is 0 Å². The molecule has 0 spiro atoms. The first kappa shape index (κ1) is 9.74. The minimum Gasteiger partial charge on any atom is -0.387 e. The van der Waals surface area contributed by atoms with E-state index in [1.165, 1.54) is 4.88 Å². The van der Waals surface area contributed by atoms with Crippen LogP contribution in [0.1, 0.15) is 18.2 Å². The molecule has 0 atom stereocenters. The highest BCUT2D eigenvalue weighted by atomic mass is 79.9. The molecule has 0 bridgehead atoms. The molecular weight excluding hydrogens is 236 g/mol. The molecule has 0 aliphatic rings. The van der Waals surface area contributed by atoms with Crippen LogP contribution in [0.15, 0.2) is 20.9 Å². The molecular formula is C8H11BrN2S. The van der Waals surface area contributed by atoms with Crippen LogP contribution in [-0.4, -0.2) is 5.84 Å². The van der Waals surface area contributed by atoms with E-state index in [1.54, 1.807) is 11.3 Å². The molecule has 1 aromatic rings. The predicted molar refractivity (Wildman–Crippen MR) is 57.6 cm³/mol. The van der Waals surface area contributed by atoms with Gasteiger partial charge in [-0.05, 0) is 28.1 Å². The Balaban J connectivity index is 2.53. The summed E-state index contributed by atoms with van der Waals surface area (Å²) in [5.41, 5.74) is 5.57. The zero-order valence-electron chi connectivity index (χ0n) is 6.88. The molecule has 0 aliphatic heterocycles. The Hall–Kier alpha value is -0.350. The summed E-state index contributed by atoms with van der Waals surface area (Å²) in [7, 11) is 0. The molecule has 66 valence electrons. The third kappa shape index (κ3) is 2.95. The van der Waals surface area contributed by atoms with E-state index in [0.29, 0.717) is 6.54 Å². The number of halogens is 1. The minimum atomic E-state index is 0.704. The number of rotatable bonds is 3. The molecule has 0 saturated carbocycles. The zero-order valence-corrected chi connectivity index (χ0v) is 9.28. The monoisotopic (exact) mass is 246 g/mol. The largest absolute Gasteiger partial charge is 0.387 e. The second-order valence-electron chi connectivity index (χ2n) is 2.37. The van der Waals surface area contributed by atoms with Gasteiger partial charge in [0.25, 0.3) is 0 Å². The van der Waals surface area contributed by atoms with E-state index in [1.807, 2.05) is 13.0 Å². The van der Waals surface area contributed by atoms with Crippen LogP contribution in [0.25, 0.3) is 0 Å². The summed E-state index contributed by atoms with van der Waals surface area (Å²) >= 11 is 5.09. The minimum absolute atomic E-state index is 0.704. The first-order valence-corrected chi connectivity index (χ1v) is 5.36. The van der Waals surface area contributed by atoms with Crippen molar-refractivity contribution in [3.8, 4) is 0 Å². The molecule has 0 fully saturated rings. The Bertz CT molecular complexity index is 280. The van der Waals surface area contributed by atoms with Gasteiger partial charge in [0, 0.05) is 11.3 Å². The topological polar surface area (TPSA) is 38.4 Å². The Labute approximate surface area is 84.6 Å².